The Bertz CT molecular complexity index is 1480. The number of carbonyl (C=O) groups is 4. The lowest BCUT2D eigenvalue weighted by Crippen LogP contribution is -2.56. The lowest BCUT2D eigenvalue weighted by molar-refractivity contribution is -0.145. The number of aromatic nitrogens is 2. The molecule has 1 aromatic carbocycles. The minimum absolute atomic E-state index is 0.0162. The zero-order chi connectivity index (χ0) is 31.6. The van der Waals surface area contributed by atoms with Gasteiger partial charge in [0.15, 0.2) is 5.15 Å². The van der Waals surface area contributed by atoms with Crippen molar-refractivity contribution in [1.29, 1.82) is 0 Å². The molecule has 5 unspecified atom stereocenters. The van der Waals surface area contributed by atoms with Crippen LogP contribution in [0.15, 0.2) is 36.4 Å². The van der Waals surface area contributed by atoms with Crippen LogP contribution in [0.2, 0.25) is 5.15 Å². The highest BCUT2D eigenvalue weighted by Gasteiger charge is 2.61. The van der Waals surface area contributed by atoms with E-state index in [0.717, 1.165) is 19.3 Å². The summed E-state index contributed by atoms with van der Waals surface area (Å²) in [7, 11) is 0. The van der Waals surface area contributed by atoms with Crippen LogP contribution in [-0.2, 0) is 19.1 Å². The van der Waals surface area contributed by atoms with Crippen molar-refractivity contribution >= 4 is 46.5 Å². The minimum atomic E-state index is -1.44. The maximum absolute atomic E-state index is 14.1. The van der Waals surface area contributed by atoms with Gasteiger partial charge in [-0.05, 0) is 58.6 Å². The van der Waals surface area contributed by atoms with Gasteiger partial charge in [-0.2, -0.15) is 0 Å². The van der Waals surface area contributed by atoms with Gasteiger partial charge >= 0.3 is 12.1 Å². The maximum Gasteiger partial charge on any atom is 0.408 e. The normalized spacial score (nSPS) is 27.8. The number of hydrogen-bond acceptors (Lipinski definition) is 8. The molecule has 2 fully saturated rings. The predicted octanol–water partition coefficient (Wildman–Crippen LogP) is 4.00. The number of hydrogen-bond donors (Lipinski definition) is 3. The molecule has 0 spiro atoms. The van der Waals surface area contributed by atoms with Gasteiger partial charge in [-0.1, -0.05) is 48.7 Å². The van der Waals surface area contributed by atoms with Gasteiger partial charge in [0, 0.05) is 12.3 Å². The molecule has 2 aromatic rings. The van der Waals surface area contributed by atoms with Gasteiger partial charge in [0.05, 0.1) is 17.6 Å². The SMILES string of the molecule is CC(C)(C)OC(=O)NC1CCCCCC=CC2CC2(C(=O)O)NC(=O)C2CC(Oc3nc4ccccc4nc3Cl)CN2C1=O. The summed E-state index contributed by atoms with van der Waals surface area (Å²) in [5.74, 6) is -2.51. The highest BCUT2D eigenvalue weighted by Crippen LogP contribution is 2.45. The highest BCUT2D eigenvalue weighted by molar-refractivity contribution is 6.31. The molecule has 236 valence electrons. The number of carboxylic acid groups (broad SMARTS) is 1. The van der Waals surface area contributed by atoms with E-state index in [9.17, 15) is 24.3 Å². The summed E-state index contributed by atoms with van der Waals surface area (Å²) >= 11 is 6.39. The van der Waals surface area contributed by atoms with Gasteiger partial charge in [0.2, 0.25) is 11.8 Å². The molecule has 1 saturated carbocycles. The smallest absolute Gasteiger partial charge is 0.408 e. The van der Waals surface area contributed by atoms with Crippen LogP contribution in [0.3, 0.4) is 0 Å². The van der Waals surface area contributed by atoms with Gasteiger partial charge in [0.25, 0.3) is 5.88 Å². The van der Waals surface area contributed by atoms with Crippen LogP contribution in [0.5, 0.6) is 5.88 Å². The number of amides is 3. The third-order valence-corrected chi connectivity index (χ3v) is 8.34. The number of nitrogens with one attached hydrogen (secondary N) is 2. The standard InChI is InChI=1S/C31H38ClN5O7/c1-30(2,3)44-29(42)35-22-14-8-6-4-5-7-11-18-16-31(18,28(40)41)36-25(38)23-15-19(17-37(23)27(22)39)43-26-24(32)33-20-12-9-10-13-21(20)34-26/h7,9-13,18-19,22-23H,4-6,8,14-17H2,1-3H3,(H,35,42)(H,36,38)(H,40,41). The van der Waals surface area contributed by atoms with Crippen molar-refractivity contribution in [2.24, 2.45) is 5.92 Å². The van der Waals surface area contributed by atoms with Crippen LogP contribution < -0.4 is 15.4 Å². The Hall–Kier alpha value is -3.93. The summed E-state index contributed by atoms with van der Waals surface area (Å²) in [4.78, 5) is 63.1. The first-order chi connectivity index (χ1) is 20.9. The molecule has 3 heterocycles. The van der Waals surface area contributed by atoms with E-state index in [0.29, 0.717) is 23.9 Å². The van der Waals surface area contributed by atoms with Gasteiger partial charge < -0.3 is 30.1 Å². The van der Waals surface area contributed by atoms with Crippen LogP contribution in [0.1, 0.15) is 65.7 Å². The molecule has 2 aliphatic heterocycles. The number of rotatable bonds is 4. The number of benzene rings is 1. The van der Waals surface area contributed by atoms with Crippen LogP contribution in [0.4, 0.5) is 4.79 Å². The van der Waals surface area contributed by atoms with Crippen LogP contribution in [0, 0.1) is 5.92 Å². The molecule has 0 radical (unpaired) electrons. The Labute approximate surface area is 260 Å². The summed E-state index contributed by atoms with van der Waals surface area (Å²) in [6.07, 6.45) is 6.02. The van der Waals surface area contributed by atoms with E-state index in [4.69, 9.17) is 21.1 Å². The van der Waals surface area contributed by atoms with Crippen LogP contribution in [-0.4, -0.2) is 79.7 Å². The third-order valence-electron chi connectivity index (χ3n) is 8.09. The number of alkyl carbamates (subject to hydrolysis) is 1. The predicted molar refractivity (Wildman–Crippen MR) is 161 cm³/mol. The first-order valence-corrected chi connectivity index (χ1v) is 15.3. The fourth-order valence-electron chi connectivity index (χ4n) is 5.79. The molecule has 3 amide bonds. The summed E-state index contributed by atoms with van der Waals surface area (Å²) in [5.41, 5.74) is -1.07. The molecule has 5 rings (SSSR count). The molecule has 1 aromatic heterocycles. The maximum atomic E-state index is 14.1. The highest BCUT2D eigenvalue weighted by atomic mass is 35.5. The molecular formula is C31H38ClN5O7. The van der Waals surface area contributed by atoms with Gasteiger partial charge in [-0.25, -0.2) is 19.6 Å². The molecule has 1 saturated heterocycles. The zero-order valence-corrected chi connectivity index (χ0v) is 25.8. The largest absolute Gasteiger partial charge is 0.479 e. The topological polar surface area (TPSA) is 160 Å². The number of carboxylic acids is 1. The molecule has 12 nitrogen and oxygen atoms in total. The Morgan fingerprint density at radius 3 is 2.57 bits per heavy atom. The molecule has 0 bridgehead atoms. The van der Waals surface area contributed by atoms with Crippen molar-refractivity contribution in [3.05, 3.63) is 41.6 Å². The monoisotopic (exact) mass is 627 g/mol. The second-order valence-corrected chi connectivity index (χ2v) is 13.0. The average molecular weight is 628 g/mol. The molecule has 13 heteroatoms. The number of carbonyl (C=O) groups excluding carboxylic acids is 3. The molecule has 1 aliphatic carbocycles. The number of ether oxygens (including phenoxy) is 2. The van der Waals surface area contributed by atoms with Crippen LogP contribution >= 0.6 is 11.6 Å². The Kier molecular flexibility index (Phi) is 9.01. The number of aliphatic carboxylic acids is 1. The van der Waals surface area contributed by atoms with Crippen molar-refractivity contribution < 1.29 is 33.8 Å². The minimum Gasteiger partial charge on any atom is -0.479 e. The van der Waals surface area contributed by atoms with Crippen molar-refractivity contribution in [2.45, 2.75) is 95.0 Å². The Morgan fingerprint density at radius 1 is 1.14 bits per heavy atom. The Balaban J connectivity index is 1.44. The lowest BCUT2D eigenvalue weighted by atomic mass is 10.0. The fourth-order valence-corrected chi connectivity index (χ4v) is 5.97. The number of para-hydroxylation sites is 2. The molecular weight excluding hydrogens is 590 g/mol. The second-order valence-electron chi connectivity index (χ2n) is 12.6. The number of nitrogens with zero attached hydrogens (tertiary/aromatic N) is 3. The molecule has 44 heavy (non-hydrogen) atoms. The van der Waals surface area contributed by atoms with E-state index in [2.05, 4.69) is 20.6 Å². The van der Waals surface area contributed by atoms with Gasteiger partial charge in [0.1, 0.15) is 29.3 Å². The van der Waals surface area contributed by atoms with E-state index >= 15 is 0 Å². The van der Waals surface area contributed by atoms with E-state index in [-0.39, 0.29) is 36.3 Å². The molecule has 3 aliphatic rings. The number of allylic oxidation sites excluding steroid dienone is 1. The average Bonchev–Trinajstić information content (AvgIpc) is 3.48. The van der Waals surface area contributed by atoms with Crippen LogP contribution in [0.25, 0.3) is 11.0 Å². The van der Waals surface area contributed by atoms with E-state index in [1.807, 2.05) is 18.2 Å². The Morgan fingerprint density at radius 2 is 1.86 bits per heavy atom. The van der Waals surface area contributed by atoms with E-state index in [1.54, 1.807) is 39.0 Å². The number of halogens is 1. The van der Waals surface area contributed by atoms with E-state index < -0.39 is 53.2 Å². The first-order valence-electron chi connectivity index (χ1n) is 15.0. The van der Waals surface area contributed by atoms with Crippen molar-refractivity contribution in [3.8, 4) is 5.88 Å². The summed E-state index contributed by atoms with van der Waals surface area (Å²) in [6.45, 7) is 5.17. The van der Waals surface area contributed by atoms with Crippen molar-refractivity contribution in [1.82, 2.24) is 25.5 Å². The fraction of sp³-hybridized carbons (Fsp3) is 0.548. The third kappa shape index (κ3) is 7.06. The molecule has 3 N–H and O–H groups in total. The first kappa shape index (κ1) is 31.5. The van der Waals surface area contributed by atoms with Crippen molar-refractivity contribution in [2.75, 3.05) is 6.54 Å². The molecule has 5 atom stereocenters. The summed E-state index contributed by atoms with van der Waals surface area (Å²) in [6, 6.07) is 5.12. The summed E-state index contributed by atoms with van der Waals surface area (Å²) in [5, 5.41) is 15.5. The zero-order valence-electron chi connectivity index (χ0n) is 25.0. The second kappa shape index (κ2) is 12.6. The van der Waals surface area contributed by atoms with Gasteiger partial charge in [-0.3, -0.25) is 9.59 Å². The summed E-state index contributed by atoms with van der Waals surface area (Å²) < 4.78 is 11.6. The van der Waals surface area contributed by atoms with Crippen molar-refractivity contribution in [3.63, 3.8) is 0 Å². The quantitative estimate of drug-likeness (QED) is 0.426. The lowest BCUT2D eigenvalue weighted by Gasteiger charge is -2.30. The van der Waals surface area contributed by atoms with E-state index in [1.165, 1.54) is 4.90 Å². The van der Waals surface area contributed by atoms with Gasteiger partial charge in [-0.15, -0.1) is 0 Å². The number of fused-ring (bicyclic) bond motifs is 3.